The first-order valence-corrected chi connectivity index (χ1v) is 8.88. The Morgan fingerprint density at radius 3 is 2.46 bits per heavy atom. The average molecular weight is 352 g/mol. The van der Waals surface area contributed by atoms with Crippen molar-refractivity contribution in [3.63, 3.8) is 0 Å². The fraction of sp³-hybridized carbons (Fsp3) is 0.381. The number of benzene rings is 2. The van der Waals surface area contributed by atoms with Crippen LogP contribution in [0.5, 0.6) is 0 Å². The third kappa shape index (κ3) is 3.47. The van der Waals surface area contributed by atoms with Crippen molar-refractivity contribution >= 4 is 34.2 Å². The molecule has 1 aliphatic rings. The third-order valence-electron chi connectivity index (χ3n) is 5.68. The molecule has 0 aromatic heterocycles. The molecule has 0 aliphatic heterocycles. The van der Waals surface area contributed by atoms with Crippen molar-refractivity contribution in [1.29, 1.82) is 0 Å². The summed E-state index contributed by atoms with van der Waals surface area (Å²) in [5, 5.41) is 7.08. The van der Waals surface area contributed by atoms with Crippen molar-refractivity contribution in [1.82, 2.24) is 5.32 Å². The number of anilines is 1. The largest absolute Gasteiger partial charge is 0.325 e. The lowest BCUT2D eigenvalue weighted by Crippen LogP contribution is -2.50. The molecule has 2 aromatic carbocycles. The second-order valence-corrected chi connectivity index (χ2v) is 7.65. The lowest BCUT2D eigenvalue weighted by Gasteiger charge is -2.51. The predicted molar refractivity (Wildman–Crippen MR) is 102 cm³/mol. The Morgan fingerprint density at radius 2 is 1.77 bits per heavy atom. The SMILES string of the molecule is CC(=O)C1CC(CC(=O)NC(=O)Nc2cccc3ccccc23)C1(C)C. The fourth-order valence-corrected chi connectivity index (χ4v) is 3.94. The van der Waals surface area contributed by atoms with Crippen LogP contribution < -0.4 is 10.6 Å². The van der Waals surface area contributed by atoms with Gasteiger partial charge in [0.25, 0.3) is 0 Å². The Balaban J connectivity index is 1.58. The van der Waals surface area contributed by atoms with Gasteiger partial charge in [0.05, 0.1) is 5.69 Å². The van der Waals surface area contributed by atoms with E-state index in [4.69, 9.17) is 0 Å². The van der Waals surface area contributed by atoms with Crippen LogP contribution in [0.15, 0.2) is 42.5 Å². The van der Waals surface area contributed by atoms with Gasteiger partial charge in [-0.05, 0) is 36.1 Å². The van der Waals surface area contributed by atoms with Gasteiger partial charge in [-0.15, -0.1) is 0 Å². The number of Topliss-reactive ketones (excluding diaryl/α,β-unsaturated/α-hetero) is 1. The monoisotopic (exact) mass is 352 g/mol. The Hall–Kier alpha value is -2.69. The summed E-state index contributed by atoms with van der Waals surface area (Å²) in [5.74, 6) is -0.0327. The standard InChI is InChI=1S/C21H24N2O3/c1-13(24)17-11-15(21(17,2)3)12-19(25)23-20(26)22-18-10-6-8-14-7-4-5-9-16(14)18/h4-10,15,17H,11-12H2,1-3H3,(H2,22,23,25,26). The molecule has 3 amide bonds. The average Bonchev–Trinajstić information content (AvgIpc) is 2.58. The van der Waals surface area contributed by atoms with Crippen LogP contribution in [0.1, 0.15) is 33.6 Å². The highest BCUT2D eigenvalue weighted by Crippen LogP contribution is 2.53. The van der Waals surface area contributed by atoms with Crippen LogP contribution in [0.4, 0.5) is 10.5 Å². The van der Waals surface area contributed by atoms with E-state index in [1.807, 2.05) is 50.2 Å². The number of ketones is 1. The summed E-state index contributed by atoms with van der Waals surface area (Å²) < 4.78 is 0. The van der Waals surface area contributed by atoms with Crippen LogP contribution in [-0.2, 0) is 9.59 Å². The Labute approximate surface area is 153 Å². The van der Waals surface area contributed by atoms with E-state index in [1.165, 1.54) is 0 Å². The Bertz CT molecular complexity index is 867. The van der Waals surface area contributed by atoms with Gasteiger partial charge in [0.15, 0.2) is 0 Å². The van der Waals surface area contributed by atoms with Crippen LogP contribution in [0, 0.1) is 17.3 Å². The Morgan fingerprint density at radius 1 is 1.08 bits per heavy atom. The molecule has 0 spiro atoms. The molecule has 5 nitrogen and oxygen atoms in total. The molecule has 136 valence electrons. The zero-order valence-corrected chi connectivity index (χ0v) is 15.3. The molecule has 0 heterocycles. The molecule has 2 N–H and O–H groups in total. The minimum atomic E-state index is -0.536. The number of amides is 3. The van der Waals surface area contributed by atoms with Crippen LogP contribution >= 0.6 is 0 Å². The highest BCUT2D eigenvalue weighted by Gasteiger charge is 2.50. The minimum Gasteiger partial charge on any atom is -0.307 e. The molecule has 2 aromatic rings. The second kappa shape index (κ2) is 6.90. The first-order valence-electron chi connectivity index (χ1n) is 8.88. The molecule has 1 saturated carbocycles. The number of fused-ring (bicyclic) bond motifs is 1. The van der Waals surface area contributed by atoms with Gasteiger partial charge >= 0.3 is 6.03 Å². The summed E-state index contributed by atoms with van der Waals surface area (Å²) in [5.41, 5.74) is 0.462. The molecule has 0 saturated heterocycles. The quantitative estimate of drug-likeness (QED) is 0.869. The Kier molecular flexibility index (Phi) is 4.81. The predicted octanol–water partition coefficient (Wildman–Crippen LogP) is 4.13. The lowest BCUT2D eigenvalue weighted by molar-refractivity contribution is -0.140. The van der Waals surface area contributed by atoms with Gasteiger partial charge in [-0.1, -0.05) is 50.2 Å². The highest BCUT2D eigenvalue weighted by molar-refractivity contribution is 6.06. The summed E-state index contributed by atoms with van der Waals surface area (Å²) in [6, 6.07) is 12.8. The molecule has 0 bridgehead atoms. The molecule has 3 rings (SSSR count). The van der Waals surface area contributed by atoms with Gasteiger partial charge in [-0.25, -0.2) is 4.79 Å². The van der Waals surface area contributed by atoms with Crippen LogP contribution in [0.3, 0.4) is 0 Å². The van der Waals surface area contributed by atoms with Gasteiger partial charge in [0, 0.05) is 17.7 Å². The normalized spacial score (nSPS) is 20.9. The second-order valence-electron chi connectivity index (χ2n) is 7.65. The van der Waals surface area contributed by atoms with E-state index < -0.39 is 6.03 Å². The van der Waals surface area contributed by atoms with Crippen molar-refractivity contribution < 1.29 is 14.4 Å². The first-order chi connectivity index (χ1) is 12.3. The molecule has 26 heavy (non-hydrogen) atoms. The van der Waals surface area contributed by atoms with Crippen LogP contribution in [0.2, 0.25) is 0 Å². The molecule has 2 atom stereocenters. The van der Waals surface area contributed by atoms with E-state index in [0.29, 0.717) is 12.1 Å². The van der Waals surface area contributed by atoms with E-state index in [2.05, 4.69) is 10.6 Å². The smallest absolute Gasteiger partial charge is 0.307 e. The summed E-state index contributed by atoms with van der Waals surface area (Å²) in [6.45, 7) is 5.62. The lowest BCUT2D eigenvalue weighted by atomic mass is 9.52. The number of hydrogen-bond acceptors (Lipinski definition) is 3. The van der Waals surface area contributed by atoms with E-state index in [9.17, 15) is 14.4 Å². The topological polar surface area (TPSA) is 75.3 Å². The number of nitrogens with one attached hydrogen (secondary N) is 2. The molecular formula is C21H24N2O3. The number of hydrogen-bond donors (Lipinski definition) is 2. The molecule has 2 unspecified atom stereocenters. The molecule has 1 aliphatic carbocycles. The van der Waals surface area contributed by atoms with Crippen molar-refractivity contribution in [2.24, 2.45) is 17.3 Å². The number of imide groups is 1. The van der Waals surface area contributed by atoms with E-state index in [1.54, 1.807) is 13.0 Å². The van der Waals surface area contributed by atoms with E-state index >= 15 is 0 Å². The third-order valence-corrected chi connectivity index (χ3v) is 5.68. The summed E-state index contributed by atoms with van der Waals surface area (Å²) in [7, 11) is 0. The summed E-state index contributed by atoms with van der Waals surface area (Å²) in [4.78, 5) is 36.0. The number of carbonyl (C=O) groups excluding carboxylic acids is 3. The molecular weight excluding hydrogens is 328 g/mol. The maximum atomic E-state index is 12.2. The highest BCUT2D eigenvalue weighted by atomic mass is 16.2. The maximum absolute atomic E-state index is 12.2. The van der Waals surface area contributed by atoms with Crippen LogP contribution in [0.25, 0.3) is 10.8 Å². The number of carbonyl (C=O) groups is 3. The van der Waals surface area contributed by atoms with Crippen molar-refractivity contribution in [3.8, 4) is 0 Å². The summed E-state index contributed by atoms with van der Waals surface area (Å²) in [6.07, 6.45) is 0.959. The first kappa shape index (κ1) is 18.1. The zero-order valence-electron chi connectivity index (χ0n) is 15.3. The van der Waals surface area contributed by atoms with Gasteiger partial charge in [-0.3, -0.25) is 14.9 Å². The van der Waals surface area contributed by atoms with E-state index in [-0.39, 0.29) is 35.4 Å². The molecule has 0 radical (unpaired) electrons. The fourth-order valence-electron chi connectivity index (χ4n) is 3.94. The van der Waals surface area contributed by atoms with Crippen LogP contribution in [-0.4, -0.2) is 17.7 Å². The van der Waals surface area contributed by atoms with Crippen molar-refractivity contribution in [2.45, 2.75) is 33.6 Å². The van der Waals surface area contributed by atoms with Crippen molar-refractivity contribution in [2.75, 3.05) is 5.32 Å². The zero-order chi connectivity index (χ0) is 18.9. The molecule has 1 fully saturated rings. The number of urea groups is 1. The van der Waals surface area contributed by atoms with Crippen molar-refractivity contribution in [3.05, 3.63) is 42.5 Å². The minimum absolute atomic E-state index is 0.00445. The molecule has 5 heteroatoms. The summed E-state index contributed by atoms with van der Waals surface area (Å²) >= 11 is 0. The van der Waals surface area contributed by atoms with Gasteiger partial charge in [0.2, 0.25) is 5.91 Å². The van der Waals surface area contributed by atoms with Gasteiger partial charge < -0.3 is 5.32 Å². The maximum Gasteiger partial charge on any atom is 0.325 e. The van der Waals surface area contributed by atoms with Gasteiger partial charge in [-0.2, -0.15) is 0 Å². The number of rotatable bonds is 4. The van der Waals surface area contributed by atoms with Gasteiger partial charge in [0.1, 0.15) is 5.78 Å². The van der Waals surface area contributed by atoms with E-state index in [0.717, 1.165) is 10.8 Å².